The van der Waals surface area contributed by atoms with E-state index in [0.29, 0.717) is 0 Å². The molecule has 116 valence electrons. The van der Waals surface area contributed by atoms with Crippen molar-refractivity contribution in [1.82, 2.24) is 0 Å². The van der Waals surface area contributed by atoms with Crippen LogP contribution in [0.3, 0.4) is 0 Å². The summed E-state index contributed by atoms with van der Waals surface area (Å²) in [6.45, 7) is 5.82. The smallest absolute Gasteiger partial charge is 0.333 e. The van der Waals surface area contributed by atoms with Crippen LogP contribution in [0, 0.1) is 0 Å². The van der Waals surface area contributed by atoms with Gasteiger partial charge >= 0.3 is 23.9 Å². The zero-order valence-corrected chi connectivity index (χ0v) is 11.3. The van der Waals surface area contributed by atoms with Crippen molar-refractivity contribution >= 4 is 23.9 Å². The molecule has 0 saturated carbocycles. The normalized spacial score (nSPS) is 9.57. The lowest BCUT2D eigenvalue weighted by molar-refractivity contribution is -0.193. The Hall–Kier alpha value is -2.64. The molecule has 0 heterocycles. The number of carbonyl (C=O) groups excluding carboxylic acids is 3. The third kappa shape index (κ3) is 9.88. The van der Waals surface area contributed by atoms with Gasteiger partial charge in [0.2, 0.25) is 0 Å². The molecular weight excluding hydrogens is 284 g/mol. The Morgan fingerprint density at radius 3 is 1.95 bits per heavy atom. The number of ether oxygens (including phenoxy) is 3. The minimum Gasteiger partial charge on any atom is -0.481 e. The van der Waals surface area contributed by atoms with E-state index >= 15 is 0 Å². The van der Waals surface area contributed by atoms with Crippen molar-refractivity contribution < 1.29 is 38.5 Å². The average molecular weight is 300 g/mol. The molecule has 8 heteroatoms. The predicted molar refractivity (Wildman–Crippen MR) is 68.8 cm³/mol. The molecule has 0 aromatic rings. The Balaban J connectivity index is 4.26. The lowest BCUT2D eigenvalue weighted by atomic mass is 10.2. The Labute approximate surface area is 121 Å². The van der Waals surface area contributed by atoms with Gasteiger partial charge in [0.1, 0.15) is 0 Å². The average Bonchev–Trinajstić information content (AvgIpc) is 2.43. The molecule has 0 fully saturated rings. The highest BCUT2D eigenvalue weighted by Gasteiger charge is 2.19. The summed E-state index contributed by atoms with van der Waals surface area (Å²) in [4.78, 5) is 43.6. The van der Waals surface area contributed by atoms with Crippen LogP contribution in [0.4, 0.5) is 0 Å². The van der Waals surface area contributed by atoms with Gasteiger partial charge in [0, 0.05) is 25.0 Å². The van der Waals surface area contributed by atoms with Gasteiger partial charge in [-0.1, -0.05) is 13.2 Å². The summed E-state index contributed by atoms with van der Waals surface area (Å²) >= 11 is 0. The number of carbonyl (C=O) groups is 4. The van der Waals surface area contributed by atoms with E-state index < -0.39 is 36.8 Å². The van der Waals surface area contributed by atoms with Crippen molar-refractivity contribution in [3.63, 3.8) is 0 Å². The van der Waals surface area contributed by atoms with Gasteiger partial charge in [-0.25, -0.2) is 9.59 Å². The second-order valence-electron chi connectivity index (χ2n) is 3.64. The van der Waals surface area contributed by atoms with Gasteiger partial charge in [0.25, 0.3) is 6.29 Å². The monoisotopic (exact) mass is 300 g/mol. The van der Waals surface area contributed by atoms with E-state index in [1.807, 2.05) is 0 Å². The Kier molecular flexibility index (Phi) is 8.90. The van der Waals surface area contributed by atoms with Crippen molar-refractivity contribution in [2.24, 2.45) is 0 Å². The molecule has 0 saturated heterocycles. The van der Waals surface area contributed by atoms with E-state index in [2.05, 4.69) is 22.6 Å². The first-order valence-corrected chi connectivity index (χ1v) is 5.92. The molecule has 0 bridgehead atoms. The number of carboxylic acid groups (broad SMARTS) is 1. The molecule has 0 aromatic heterocycles. The molecule has 0 spiro atoms. The van der Waals surface area contributed by atoms with Gasteiger partial charge in [-0.3, -0.25) is 9.59 Å². The summed E-state index contributed by atoms with van der Waals surface area (Å²) in [5.41, 5.74) is 0. The molecule has 0 radical (unpaired) electrons. The van der Waals surface area contributed by atoms with Gasteiger partial charge in [-0.15, -0.1) is 0 Å². The number of carboxylic acids is 1. The lowest BCUT2D eigenvalue weighted by Crippen LogP contribution is -2.29. The highest BCUT2D eigenvalue weighted by atomic mass is 16.7. The van der Waals surface area contributed by atoms with Crippen LogP contribution in [-0.4, -0.2) is 41.9 Å². The largest absolute Gasteiger partial charge is 0.481 e. The van der Waals surface area contributed by atoms with Gasteiger partial charge < -0.3 is 19.3 Å². The Morgan fingerprint density at radius 2 is 1.52 bits per heavy atom. The lowest BCUT2D eigenvalue weighted by Gasteiger charge is -2.16. The zero-order valence-electron chi connectivity index (χ0n) is 11.3. The van der Waals surface area contributed by atoms with Crippen LogP contribution in [0.2, 0.25) is 0 Å². The molecule has 21 heavy (non-hydrogen) atoms. The Bertz CT molecular complexity index is 404. The second-order valence-corrected chi connectivity index (χ2v) is 3.64. The molecule has 0 aliphatic heterocycles. The van der Waals surface area contributed by atoms with Crippen LogP contribution >= 0.6 is 0 Å². The fourth-order valence-corrected chi connectivity index (χ4v) is 1.06. The maximum atomic E-state index is 11.3. The zero-order chi connectivity index (χ0) is 16.3. The van der Waals surface area contributed by atoms with Crippen molar-refractivity contribution in [3.8, 4) is 0 Å². The molecule has 8 nitrogen and oxygen atoms in total. The topological polar surface area (TPSA) is 116 Å². The van der Waals surface area contributed by atoms with Gasteiger partial charge in [-0.2, -0.15) is 0 Å². The van der Waals surface area contributed by atoms with Crippen LogP contribution in [0.15, 0.2) is 25.3 Å². The summed E-state index contributed by atoms with van der Waals surface area (Å²) in [5.74, 6) is -3.45. The van der Waals surface area contributed by atoms with E-state index in [1.165, 1.54) is 0 Å². The SMILES string of the molecule is C=CC(=O)OC(COC(=O)CCCC(=O)O)OC(=O)C=C. The molecule has 0 rings (SSSR count). The highest BCUT2D eigenvalue weighted by Crippen LogP contribution is 2.03. The number of rotatable bonds is 10. The van der Waals surface area contributed by atoms with Crippen molar-refractivity contribution in [1.29, 1.82) is 0 Å². The summed E-state index contributed by atoms with van der Waals surface area (Å²) in [6, 6.07) is 0. The molecule has 0 aliphatic carbocycles. The van der Waals surface area contributed by atoms with E-state index in [1.54, 1.807) is 0 Å². The number of aliphatic carboxylic acids is 1. The summed E-state index contributed by atoms with van der Waals surface area (Å²) in [5, 5.41) is 8.41. The van der Waals surface area contributed by atoms with Crippen molar-refractivity contribution in [2.75, 3.05) is 6.61 Å². The predicted octanol–water partition coefficient (Wildman–Crippen LogP) is 0.569. The fourth-order valence-electron chi connectivity index (χ4n) is 1.06. The van der Waals surface area contributed by atoms with Crippen LogP contribution in [0.1, 0.15) is 19.3 Å². The quantitative estimate of drug-likeness (QED) is 0.353. The molecule has 0 aliphatic rings. The Morgan fingerprint density at radius 1 is 1.00 bits per heavy atom. The number of hydrogen-bond acceptors (Lipinski definition) is 7. The maximum Gasteiger partial charge on any atom is 0.333 e. The first-order chi connectivity index (χ1) is 9.88. The van der Waals surface area contributed by atoms with E-state index in [-0.39, 0.29) is 19.3 Å². The molecule has 0 atom stereocenters. The highest BCUT2D eigenvalue weighted by molar-refractivity contribution is 5.83. The number of esters is 3. The van der Waals surface area contributed by atoms with Crippen LogP contribution in [-0.2, 0) is 33.4 Å². The molecule has 0 unspecified atom stereocenters. The first kappa shape index (κ1) is 18.4. The van der Waals surface area contributed by atoms with Crippen LogP contribution in [0.5, 0.6) is 0 Å². The second kappa shape index (κ2) is 10.2. The molecule has 0 amide bonds. The van der Waals surface area contributed by atoms with Crippen molar-refractivity contribution in [2.45, 2.75) is 25.6 Å². The molecular formula is C13H16O8. The first-order valence-electron chi connectivity index (χ1n) is 5.92. The molecule has 0 aromatic carbocycles. The van der Waals surface area contributed by atoms with Gasteiger partial charge in [0.05, 0.1) is 0 Å². The van der Waals surface area contributed by atoms with E-state index in [4.69, 9.17) is 9.84 Å². The van der Waals surface area contributed by atoms with Gasteiger partial charge in [0.15, 0.2) is 6.61 Å². The summed E-state index contributed by atoms with van der Waals surface area (Å²) < 4.78 is 14.0. The maximum absolute atomic E-state index is 11.3. The van der Waals surface area contributed by atoms with Crippen molar-refractivity contribution in [3.05, 3.63) is 25.3 Å². The van der Waals surface area contributed by atoms with E-state index in [9.17, 15) is 19.2 Å². The van der Waals surface area contributed by atoms with Crippen LogP contribution < -0.4 is 0 Å². The third-order valence-corrected chi connectivity index (χ3v) is 1.98. The minimum absolute atomic E-state index is 0.109. The fraction of sp³-hybridized carbons (Fsp3) is 0.385. The summed E-state index contributed by atoms with van der Waals surface area (Å²) in [7, 11) is 0. The number of hydrogen-bond donors (Lipinski definition) is 1. The van der Waals surface area contributed by atoms with E-state index in [0.717, 1.165) is 12.2 Å². The third-order valence-electron chi connectivity index (χ3n) is 1.98. The minimum atomic E-state index is -1.43. The molecule has 1 N–H and O–H groups in total. The van der Waals surface area contributed by atoms with Crippen LogP contribution in [0.25, 0.3) is 0 Å². The standard InChI is InChI=1S/C13H16O8/c1-3-10(16)20-13(21-11(17)4-2)8-19-12(18)7-5-6-9(14)15/h3-4,13H,1-2,5-8H2,(H,14,15). The van der Waals surface area contributed by atoms with Gasteiger partial charge in [-0.05, 0) is 6.42 Å². The summed E-state index contributed by atoms with van der Waals surface area (Å²) in [6.07, 6.45) is 0.0912.